The first kappa shape index (κ1) is 74.1. The van der Waals surface area contributed by atoms with E-state index in [4.69, 9.17) is 0 Å². The SMILES string of the molecule is CCCCc1ccc(-c2ccc(N(C3=CC(N(c4ccc(C)cc4)c4ccc(-c5ccc(CCCC)cc5)cc4)c4ccc5c(N(c6ccc(C)cc6)c6ccc(-c7ccc(CCCC)cc7)cc6)cc(N(c6ccc(C)cc6)c6ccc(-c7ccc(CCCC)cc7)cc6)c6c5c4C3=CC6)c3ccc(C)cc3)cc2)cc1. The van der Waals surface area contributed by atoms with Gasteiger partial charge in [-0.3, -0.25) is 0 Å². The molecule has 14 aromatic rings. The summed E-state index contributed by atoms with van der Waals surface area (Å²) in [5.41, 5.74) is 37.1. The first-order valence-electron chi connectivity index (χ1n) is 41.3. The molecule has 0 saturated heterocycles. The minimum Gasteiger partial charge on any atom is -0.330 e. The van der Waals surface area contributed by atoms with Crippen LogP contribution in [0.15, 0.2) is 327 Å². The third-order valence-electron chi connectivity index (χ3n) is 23.2. The Balaban J connectivity index is 0.960. The molecule has 16 rings (SSSR count). The van der Waals surface area contributed by atoms with Gasteiger partial charge in [0, 0.05) is 56.5 Å². The zero-order valence-corrected chi connectivity index (χ0v) is 66.7. The molecule has 0 heterocycles. The Morgan fingerprint density at radius 1 is 0.286 bits per heavy atom. The van der Waals surface area contributed by atoms with Gasteiger partial charge in [0.2, 0.25) is 0 Å². The van der Waals surface area contributed by atoms with Crippen molar-refractivity contribution < 1.29 is 0 Å². The van der Waals surface area contributed by atoms with E-state index in [0.717, 1.165) is 88.3 Å². The summed E-state index contributed by atoms with van der Waals surface area (Å²) < 4.78 is 0. The van der Waals surface area contributed by atoms with Crippen molar-refractivity contribution in [2.75, 3.05) is 19.6 Å². The highest BCUT2D eigenvalue weighted by Gasteiger charge is 2.38. The molecule has 4 heteroatoms. The van der Waals surface area contributed by atoms with Gasteiger partial charge in [0.1, 0.15) is 0 Å². The maximum absolute atomic E-state index is 2.61. The van der Waals surface area contributed by atoms with Gasteiger partial charge in [0.15, 0.2) is 0 Å². The Morgan fingerprint density at radius 3 is 0.884 bits per heavy atom. The highest BCUT2D eigenvalue weighted by molar-refractivity contribution is 6.14. The Bertz CT molecular complexity index is 5600. The van der Waals surface area contributed by atoms with Crippen molar-refractivity contribution in [3.63, 3.8) is 0 Å². The van der Waals surface area contributed by atoms with Crippen LogP contribution < -0.4 is 19.6 Å². The molecule has 1 unspecified atom stereocenters. The standard InChI is InChI=1S/C108H104N4/c1-9-13-17-79-29-37-83(38-30-79)87-45-61-95(62-46-87)109(91-53-21-75(5)22-54-91)103-73-104(110(92-55-23-76(6)24-56-92)96-63-47-88(48-64-96)84-39-31-80(32-40-84)18-14-10-2)100-71-72-102-106(112(94-59-27-78(8)28-60-94)98-67-51-90(52-68-98)86-43-35-82(36-44-86)20-16-12-4)74-105(101-70-69-99(103)107(100)108(101)102)111(93-57-25-77(7)26-58-93)97-65-49-89(50-66-97)85-41-33-81(34-42-85)19-15-11-3/h21-71,73-74,103H,9-20,72H2,1-8H3. The lowest BCUT2D eigenvalue weighted by atomic mass is 9.76. The van der Waals surface area contributed by atoms with Gasteiger partial charge in [-0.25, -0.2) is 0 Å². The van der Waals surface area contributed by atoms with Crippen LogP contribution in [0.2, 0.25) is 0 Å². The fourth-order valence-electron chi connectivity index (χ4n) is 16.7. The molecule has 0 radical (unpaired) electrons. The van der Waals surface area contributed by atoms with Crippen molar-refractivity contribution in [1.82, 2.24) is 0 Å². The number of allylic oxidation sites excluding steroid dienone is 2. The summed E-state index contributed by atoms with van der Waals surface area (Å²) in [6, 6.07) is 118. The molecule has 2 aliphatic carbocycles. The van der Waals surface area contributed by atoms with Crippen molar-refractivity contribution in [3.8, 4) is 44.5 Å². The molecule has 0 saturated carbocycles. The van der Waals surface area contributed by atoms with E-state index >= 15 is 0 Å². The predicted molar refractivity (Wildman–Crippen MR) is 481 cm³/mol. The molecular formula is C108H104N4. The summed E-state index contributed by atoms with van der Waals surface area (Å²) in [5, 5.41) is 2.42. The Labute approximate surface area is 666 Å². The number of hydrogen-bond acceptors (Lipinski definition) is 4. The van der Waals surface area contributed by atoms with Gasteiger partial charge in [-0.2, -0.15) is 0 Å². The third-order valence-corrected chi connectivity index (χ3v) is 23.2. The normalized spacial score (nSPS) is 12.9. The lowest BCUT2D eigenvalue weighted by Crippen LogP contribution is -2.30. The van der Waals surface area contributed by atoms with E-state index in [1.165, 1.54) is 173 Å². The highest BCUT2D eigenvalue weighted by Crippen LogP contribution is 2.57. The lowest BCUT2D eigenvalue weighted by molar-refractivity contribution is 0.795. The first-order valence-corrected chi connectivity index (χ1v) is 41.3. The number of rotatable bonds is 28. The van der Waals surface area contributed by atoms with E-state index in [2.05, 4.69) is 397 Å². The molecule has 0 aromatic heterocycles. The van der Waals surface area contributed by atoms with Crippen molar-refractivity contribution in [3.05, 3.63) is 388 Å². The van der Waals surface area contributed by atoms with Gasteiger partial charge < -0.3 is 19.6 Å². The first-order chi connectivity index (χ1) is 55.0. The van der Waals surface area contributed by atoms with Gasteiger partial charge in [-0.1, -0.05) is 288 Å². The summed E-state index contributed by atoms with van der Waals surface area (Å²) in [6.45, 7) is 17.9. The number of unbranched alkanes of at least 4 members (excludes halogenated alkanes) is 4. The quantitative estimate of drug-likeness (QED) is 0.0484. The van der Waals surface area contributed by atoms with Crippen molar-refractivity contribution in [2.45, 2.75) is 145 Å². The molecule has 0 amide bonds. The van der Waals surface area contributed by atoms with E-state index in [9.17, 15) is 0 Å². The third kappa shape index (κ3) is 15.8. The predicted octanol–water partition coefficient (Wildman–Crippen LogP) is 30.6. The Hall–Kier alpha value is -12.0. The molecule has 0 bridgehead atoms. The van der Waals surface area contributed by atoms with Crippen LogP contribution in [0.25, 0.3) is 60.9 Å². The minimum absolute atomic E-state index is 0.322. The van der Waals surface area contributed by atoms with Crippen molar-refractivity contribution >= 4 is 73.2 Å². The van der Waals surface area contributed by atoms with E-state index in [0.29, 0.717) is 6.42 Å². The van der Waals surface area contributed by atoms with E-state index < -0.39 is 0 Å². The number of aryl methyl sites for hydroxylation is 8. The maximum Gasteiger partial charge on any atom is 0.0805 e. The van der Waals surface area contributed by atoms with Crippen LogP contribution in [0, 0.1) is 27.7 Å². The number of hydrogen-bond donors (Lipinski definition) is 0. The maximum atomic E-state index is 2.61. The van der Waals surface area contributed by atoms with Crippen molar-refractivity contribution in [2.24, 2.45) is 0 Å². The van der Waals surface area contributed by atoms with E-state index in [-0.39, 0.29) is 6.04 Å². The van der Waals surface area contributed by atoms with Crippen LogP contribution in [-0.4, -0.2) is 0 Å². The second-order valence-electron chi connectivity index (χ2n) is 31.3. The van der Waals surface area contributed by atoms with Crippen LogP contribution in [0.1, 0.15) is 146 Å². The molecule has 2 aliphatic rings. The summed E-state index contributed by atoms with van der Waals surface area (Å²) in [5.74, 6) is 0. The van der Waals surface area contributed by atoms with Crippen LogP contribution in [0.5, 0.6) is 0 Å². The average molecular weight is 1460 g/mol. The van der Waals surface area contributed by atoms with Gasteiger partial charge >= 0.3 is 0 Å². The molecule has 556 valence electrons. The van der Waals surface area contributed by atoms with E-state index in [1.807, 2.05) is 0 Å². The Kier molecular flexibility index (Phi) is 22.3. The molecule has 4 nitrogen and oxygen atoms in total. The highest BCUT2D eigenvalue weighted by atomic mass is 15.2. The lowest BCUT2D eigenvalue weighted by Gasteiger charge is -2.42. The summed E-state index contributed by atoms with van der Waals surface area (Å²) >= 11 is 0. The number of anilines is 10. The van der Waals surface area contributed by atoms with Crippen LogP contribution in [-0.2, 0) is 32.1 Å². The van der Waals surface area contributed by atoms with Crippen LogP contribution in [0.4, 0.5) is 56.9 Å². The molecule has 0 spiro atoms. The topological polar surface area (TPSA) is 13.0 Å². The van der Waals surface area contributed by atoms with E-state index in [1.54, 1.807) is 0 Å². The van der Waals surface area contributed by atoms with Crippen molar-refractivity contribution in [1.29, 1.82) is 0 Å². The van der Waals surface area contributed by atoms with Crippen LogP contribution >= 0.6 is 0 Å². The molecular weight excluding hydrogens is 1350 g/mol. The smallest absolute Gasteiger partial charge is 0.0805 e. The molecule has 0 fully saturated rings. The second-order valence-corrected chi connectivity index (χ2v) is 31.3. The fraction of sp³-hybridized carbons (Fsp3) is 0.204. The average Bonchev–Trinajstić information content (AvgIpc) is 0.699. The minimum atomic E-state index is -0.322. The number of benzene rings is 14. The van der Waals surface area contributed by atoms with Gasteiger partial charge in [0.05, 0.1) is 23.1 Å². The molecule has 0 N–H and O–H groups in total. The molecule has 112 heavy (non-hydrogen) atoms. The summed E-state index contributed by atoms with van der Waals surface area (Å²) in [6.07, 6.45) is 19.7. The molecule has 0 aliphatic heterocycles. The monoisotopic (exact) mass is 1460 g/mol. The largest absolute Gasteiger partial charge is 0.330 e. The zero-order chi connectivity index (χ0) is 76.6. The zero-order valence-electron chi connectivity index (χ0n) is 66.7. The summed E-state index contributed by atoms with van der Waals surface area (Å²) in [7, 11) is 0. The summed E-state index contributed by atoms with van der Waals surface area (Å²) in [4.78, 5) is 10.3. The van der Waals surface area contributed by atoms with Crippen LogP contribution in [0.3, 0.4) is 0 Å². The Morgan fingerprint density at radius 2 is 0.562 bits per heavy atom. The molecule has 1 atom stereocenters. The molecule has 14 aromatic carbocycles. The van der Waals surface area contributed by atoms with Gasteiger partial charge in [-0.15, -0.1) is 0 Å². The van der Waals surface area contributed by atoms with Gasteiger partial charge in [0.25, 0.3) is 0 Å². The second kappa shape index (κ2) is 33.7. The van der Waals surface area contributed by atoms with Gasteiger partial charge in [-0.05, 0) is 284 Å². The fourth-order valence-corrected chi connectivity index (χ4v) is 16.7. The number of nitrogens with zero attached hydrogens (tertiary/aromatic N) is 4.